The van der Waals surface area contributed by atoms with Crippen molar-refractivity contribution in [2.75, 3.05) is 32.1 Å². The van der Waals surface area contributed by atoms with Crippen LogP contribution in [0.3, 0.4) is 0 Å². The van der Waals surface area contributed by atoms with Crippen LogP contribution >= 0.6 is 39.1 Å². The van der Waals surface area contributed by atoms with Gasteiger partial charge in [-0.3, -0.25) is 18.8 Å². The van der Waals surface area contributed by atoms with Crippen molar-refractivity contribution in [3.63, 3.8) is 0 Å². The topological polar surface area (TPSA) is 96.2 Å². The SMILES string of the molecule is CCN(C)C(=O)c1ccc(C=CC(=O)NCC(=O)N(C)c2ccc(Cl)c(COc3cccn4c(Br)c(C)nc34)c2Cl)cc1. The van der Waals surface area contributed by atoms with Gasteiger partial charge in [-0.15, -0.1) is 0 Å². The monoisotopic (exact) mass is 685 g/mol. The number of hydrogen-bond acceptors (Lipinski definition) is 5. The highest BCUT2D eigenvalue weighted by molar-refractivity contribution is 9.10. The van der Waals surface area contributed by atoms with Gasteiger partial charge in [0.25, 0.3) is 5.91 Å². The summed E-state index contributed by atoms with van der Waals surface area (Å²) in [5.74, 6) is -0.362. The first-order chi connectivity index (χ1) is 20.5. The number of likely N-dealkylation sites (N-methyl/N-ethyl adjacent to an activating group) is 1. The summed E-state index contributed by atoms with van der Waals surface area (Å²) in [7, 11) is 3.30. The number of carbonyl (C=O) groups excluding carboxylic acids is 3. The van der Waals surface area contributed by atoms with Crippen molar-refractivity contribution in [3.8, 4) is 5.75 Å². The minimum atomic E-state index is -0.445. The fourth-order valence-electron chi connectivity index (χ4n) is 4.11. The van der Waals surface area contributed by atoms with Crippen LogP contribution in [0.15, 0.2) is 65.4 Å². The van der Waals surface area contributed by atoms with Crippen molar-refractivity contribution >= 4 is 74.3 Å². The van der Waals surface area contributed by atoms with Crippen LogP contribution in [0.2, 0.25) is 10.0 Å². The molecule has 1 N–H and O–H groups in total. The Hall–Kier alpha value is -3.86. The highest BCUT2D eigenvalue weighted by atomic mass is 79.9. The zero-order chi connectivity index (χ0) is 31.3. The van der Waals surface area contributed by atoms with Crippen molar-refractivity contribution in [1.82, 2.24) is 19.6 Å². The van der Waals surface area contributed by atoms with Crippen LogP contribution in [0, 0.1) is 6.92 Å². The van der Waals surface area contributed by atoms with Crippen LogP contribution in [-0.4, -0.2) is 59.2 Å². The Kier molecular flexibility index (Phi) is 10.5. The Morgan fingerprint density at radius 1 is 1.09 bits per heavy atom. The largest absolute Gasteiger partial charge is 0.485 e. The van der Waals surface area contributed by atoms with Crippen molar-refractivity contribution in [2.24, 2.45) is 0 Å². The summed E-state index contributed by atoms with van der Waals surface area (Å²) in [5.41, 5.74) is 3.68. The molecular weight excluding hydrogens is 657 g/mol. The number of nitrogens with zero attached hydrogens (tertiary/aromatic N) is 4. The van der Waals surface area contributed by atoms with E-state index >= 15 is 0 Å². The summed E-state index contributed by atoms with van der Waals surface area (Å²) in [4.78, 5) is 45.1. The van der Waals surface area contributed by atoms with Crippen LogP contribution in [0.5, 0.6) is 5.75 Å². The lowest BCUT2D eigenvalue weighted by molar-refractivity contribution is -0.122. The van der Waals surface area contributed by atoms with Crippen molar-refractivity contribution in [2.45, 2.75) is 20.5 Å². The van der Waals surface area contributed by atoms with E-state index < -0.39 is 5.91 Å². The van der Waals surface area contributed by atoms with Gasteiger partial charge in [0.05, 0.1) is 22.9 Å². The van der Waals surface area contributed by atoms with Crippen LogP contribution in [0.1, 0.15) is 34.1 Å². The number of anilines is 1. The summed E-state index contributed by atoms with van der Waals surface area (Å²) in [6, 6.07) is 13.8. The summed E-state index contributed by atoms with van der Waals surface area (Å²) in [6.45, 7) is 4.19. The Morgan fingerprint density at radius 2 is 1.81 bits per heavy atom. The third-order valence-electron chi connectivity index (χ3n) is 6.81. The van der Waals surface area contributed by atoms with Crippen molar-refractivity contribution in [1.29, 1.82) is 0 Å². The Labute approximate surface area is 268 Å². The van der Waals surface area contributed by atoms with Gasteiger partial charge in [-0.2, -0.15) is 0 Å². The average molecular weight is 687 g/mol. The molecule has 2 aromatic heterocycles. The average Bonchev–Trinajstić information content (AvgIpc) is 3.31. The highest BCUT2D eigenvalue weighted by Crippen LogP contribution is 2.35. The molecule has 0 saturated carbocycles. The Balaban J connectivity index is 1.37. The molecule has 0 aliphatic carbocycles. The Bertz CT molecular complexity index is 1700. The lowest BCUT2D eigenvalue weighted by Crippen LogP contribution is -2.37. The molecule has 43 heavy (non-hydrogen) atoms. The summed E-state index contributed by atoms with van der Waals surface area (Å²) in [6.07, 6.45) is 4.80. The zero-order valence-corrected chi connectivity index (χ0v) is 27.1. The second-order valence-corrected chi connectivity index (χ2v) is 11.2. The molecule has 0 saturated heterocycles. The number of rotatable bonds is 10. The predicted octanol–water partition coefficient (Wildman–Crippen LogP) is 6.18. The lowest BCUT2D eigenvalue weighted by atomic mass is 10.1. The van der Waals surface area contributed by atoms with Gasteiger partial charge >= 0.3 is 0 Å². The second-order valence-electron chi connectivity index (χ2n) is 9.65. The number of aromatic nitrogens is 2. The molecule has 9 nitrogen and oxygen atoms in total. The molecular formula is C31H30BrCl2N5O4. The number of carbonyl (C=O) groups is 3. The molecule has 0 atom stereocenters. The third kappa shape index (κ3) is 7.38. The molecule has 2 aromatic carbocycles. The molecule has 224 valence electrons. The molecule has 0 bridgehead atoms. The summed E-state index contributed by atoms with van der Waals surface area (Å²) in [5, 5.41) is 3.23. The molecule has 0 spiro atoms. The third-order valence-corrected chi connectivity index (χ3v) is 8.54. The molecule has 0 radical (unpaired) electrons. The van der Waals surface area contributed by atoms with Gasteiger partial charge in [-0.1, -0.05) is 35.3 Å². The number of amides is 3. The number of ether oxygens (including phenoxy) is 1. The standard InChI is InChI=1S/C31H30BrCl2N5O4/c1-5-37(3)31(42)21-11-8-20(9-12-21)10-15-26(40)35-17-27(41)38(4)24-14-13-23(33)22(28(24)34)18-43-25-7-6-16-39-29(32)19(2)36-30(25)39/h6-16H,5,17-18H2,1-4H3,(H,35,40). The molecule has 2 heterocycles. The highest BCUT2D eigenvalue weighted by Gasteiger charge is 2.20. The number of nitrogens with one attached hydrogen (secondary N) is 1. The fraction of sp³-hybridized carbons (Fsp3) is 0.226. The normalized spacial score (nSPS) is 11.1. The number of halogens is 3. The van der Waals surface area contributed by atoms with E-state index in [1.54, 1.807) is 67.5 Å². The molecule has 0 aliphatic rings. The first-order valence-electron chi connectivity index (χ1n) is 13.3. The second kappa shape index (κ2) is 14.1. The van der Waals surface area contributed by atoms with E-state index in [0.717, 1.165) is 15.9 Å². The summed E-state index contributed by atoms with van der Waals surface area (Å²) >= 11 is 16.7. The number of aryl methyl sites for hydroxylation is 1. The van der Waals surface area contributed by atoms with E-state index in [2.05, 4.69) is 26.2 Å². The smallest absolute Gasteiger partial charge is 0.253 e. The van der Waals surface area contributed by atoms with E-state index in [0.29, 0.717) is 39.8 Å². The van der Waals surface area contributed by atoms with Crippen molar-refractivity contribution in [3.05, 3.63) is 97.8 Å². The maximum Gasteiger partial charge on any atom is 0.253 e. The van der Waals surface area contributed by atoms with E-state index in [1.165, 1.54) is 11.0 Å². The van der Waals surface area contributed by atoms with Crippen LogP contribution < -0.4 is 15.0 Å². The van der Waals surface area contributed by atoms with Crippen LogP contribution in [-0.2, 0) is 16.2 Å². The molecule has 12 heteroatoms. The number of pyridine rings is 1. The quantitative estimate of drug-likeness (QED) is 0.201. The number of imidazole rings is 1. The predicted molar refractivity (Wildman–Crippen MR) is 173 cm³/mol. The number of hydrogen-bond donors (Lipinski definition) is 1. The van der Waals surface area contributed by atoms with E-state index in [-0.39, 0.29) is 30.0 Å². The molecule has 0 aliphatic heterocycles. The van der Waals surface area contributed by atoms with Gasteiger partial charge in [-0.25, -0.2) is 4.98 Å². The van der Waals surface area contributed by atoms with Gasteiger partial charge in [-0.05, 0) is 77.8 Å². The first kappa shape index (κ1) is 32.1. The fourth-order valence-corrected chi connectivity index (χ4v) is 5.09. The van der Waals surface area contributed by atoms with Gasteiger partial charge in [0.15, 0.2) is 11.4 Å². The van der Waals surface area contributed by atoms with Crippen LogP contribution in [0.4, 0.5) is 5.69 Å². The maximum atomic E-state index is 12.9. The van der Waals surface area contributed by atoms with Gasteiger partial charge in [0.1, 0.15) is 11.2 Å². The summed E-state index contributed by atoms with van der Waals surface area (Å²) < 4.78 is 8.74. The van der Waals surface area contributed by atoms with Crippen molar-refractivity contribution < 1.29 is 19.1 Å². The van der Waals surface area contributed by atoms with E-state index in [4.69, 9.17) is 27.9 Å². The number of benzene rings is 2. The van der Waals surface area contributed by atoms with Crippen LogP contribution in [0.25, 0.3) is 11.7 Å². The van der Waals surface area contributed by atoms with E-state index in [1.807, 2.05) is 30.5 Å². The Morgan fingerprint density at radius 3 is 2.51 bits per heavy atom. The van der Waals surface area contributed by atoms with Gasteiger partial charge in [0.2, 0.25) is 11.8 Å². The lowest BCUT2D eigenvalue weighted by Gasteiger charge is -2.21. The maximum absolute atomic E-state index is 12.9. The number of fused-ring (bicyclic) bond motifs is 1. The van der Waals surface area contributed by atoms with E-state index in [9.17, 15) is 14.4 Å². The molecule has 0 unspecified atom stereocenters. The van der Waals surface area contributed by atoms with Gasteiger partial charge < -0.3 is 19.9 Å². The minimum Gasteiger partial charge on any atom is -0.485 e. The molecule has 3 amide bonds. The van der Waals surface area contributed by atoms with Gasteiger partial charge in [0, 0.05) is 49.1 Å². The first-order valence-corrected chi connectivity index (χ1v) is 14.9. The molecule has 0 fully saturated rings. The minimum absolute atomic E-state index is 0.0444. The zero-order valence-electron chi connectivity index (χ0n) is 24.0. The molecule has 4 aromatic rings. The molecule has 4 rings (SSSR count).